The highest BCUT2D eigenvalue weighted by Gasteiger charge is 1.79. The van der Waals surface area contributed by atoms with Crippen LogP contribution in [0, 0.1) is 0 Å². The molecule has 0 aromatic heterocycles. The second kappa shape index (κ2) is 6.88. The van der Waals surface area contributed by atoms with E-state index in [9.17, 15) is 0 Å². The first kappa shape index (κ1) is 7.88. The quantitative estimate of drug-likeness (QED) is 0.373. The molecule has 0 amide bonds. The van der Waals surface area contributed by atoms with Crippen molar-refractivity contribution in [3.8, 4) is 0 Å². The van der Waals surface area contributed by atoms with Gasteiger partial charge in [-0.25, -0.2) is 0 Å². The molecule has 0 aromatic rings. The van der Waals surface area contributed by atoms with E-state index in [0.29, 0.717) is 0 Å². The van der Waals surface area contributed by atoms with E-state index in [-0.39, 0.29) is 0 Å². The van der Waals surface area contributed by atoms with Gasteiger partial charge in [0.1, 0.15) is 0 Å². The SMILES string of the molecule is CNCNCCOC. The zero-order valence-electron chi connectivity index (χ0n) is 5.53. The summed E-state index contributed by atoms with van der Waals surface area (Å²) in [5, 5.41) is 6.06. The molecule has 0 aliphatic heterocycles. The number of rotatable bonds is 5. The Morgan fingerprint density at radius 2 is 2.25 bits per heavy atom. The molecule has 2 N–H and O–H groups in total. The van der Waals surface area contributed by atoms with Crippen molar-refractivity contribution >= 4 is 0 Å². The highest BCUT2D eigenvalue weighted by atomic mass is 16.5. The first-order valence-corrected chi connectivity index (χ1v) is 2.76. The maximum absolute atomic E-state index is 4.80. The van der Waals surface area contributed by atoms with E-state index in [1.165, 1.54) is 0 Å². The lowest BCUT2D eigenvalue weighted by molar-refractivity contribution is 0.199. The summed E-state index contributed by atoms with van der Waals surface area (Å²) < 4.78 is 4.80. The maximum atomic E-state index is 4.80. The summed E-state index contributed by atoms with van der Waals surface area (Å²) in [6.07, 6.45) is 0. The first-order valence-electron chi connectivity index (χ1n) is 2.76. The van der Waals surface area contributed by atoms with Gasteiger partial charge in [0.15, 0.2) is 0 Å². The Morgan fingerprint density at radius 3 is 2.75 bits per heavy atom. The van der Waals surface area contributed by atoms with Gasteiger partial charge in [-0.1, -0.05) is 0 Å². The number of hydrogen-bond donors (Lipinski definition) is 2. The van der Waals surface area contributed by atoms with Crippen LogP contribution in [0.15, 0.2) is 0 Å². The van der Waals surface area contributed by atoms with Crippen molar-refractivity contribution < 1.29 is 4.74 Å². The molecule has 0 unspecified atom stereocenters. The van der Waals surface area contributed by atoms with E-state index in [4.69, 9.17) is 4.74 Å². The normalized spacial score (nSPS) is 9.75. The fraction of sp³-hybridized carbons (Fsp3) is 1.00. The van der Waals surface area contributed by atoms with Crippen LogP contribution >= 0.6 is 0 Å². The lowest BCUT2D eigenvalue weighted by Crippen LogP contribution is -2.28. The van der Waals surface area contributed by atoms with E-state index in [2.05, 4.69) is 10.6 Å². The molecule has 0 atom stereocenters. The molecule has 0 rings (SSSR count). The van der Waals surface area contributed by atoms with Gasteiger partial charge in [0, 0.05) is 20.3 Å². The summed E-state index contributed by atoms with van der Waals surface area (Å²) >= 11 is 0. The van der Waals surface area contributed by atoms with E-state index in [1.807, 2.05) is 7.05 Å². The van der Waals surface area contributed by atoms with Crippen molar-refractivity contribution in [1.82, 2.24) is 10.6 Å². The van der Waals surface area contributed by atoms with Crippen LogP contribution in [0.5, 0.6) is 0 Å². The number of methoxy groups -OCH3 is 1. The largest absolute Gasteiger partial charge is 0.383 e. The topological polar surface area (TPSA) is 33.3 Å². The van der Waals surface area contributed by atoms with Gasteiger partial charge in [0.25, 0.3) is 0 Å². The van der Waals surface area contributed by atoms with Crippen LogP contribution in [0.4, 0.5) is 0 Å². The lowest BCUT2D eigenvalue weighted by atomic mass is 10.7. The molecule has 8 heavy (non-hydrogen) atoms. The van der Waals surface area contributed by atoms with E-state index >= 15 is 0 Å². The Bertz CT molecular complexity index is 35.4. The molecular formula is C5H14N2O. The van der Waals surface area contributed by atoms with Crippen molar-refractivity contribution in [3.63, 3.8) is 0 Å². The van der Waals surface area contributed by atoms with Gasteiger partial charge in [-0.15, -0.1) is 0 Å². The molecule has 0 bridgehead atoms. The van der Waals surface area contributed by atoms with Crippen LogP contribution in [0.1, 0.15) is 0 Å². The standard InChI is InChI=1S/C5H14N2O/c1-6-5-7-3-4-8-2/h6-7H,3-5H2,1-2H3. The third-order valence-electron chi connectivity index (χ3n) is 0.785. The minimum atomic E-state index is 0.779. The average molecular weight is 118 g/mol. The molecule has 0 aromatic carbocycles. The van der Waals surface area contributed by atoms with Crippen molar-refractivity contribution in [1.29, 1.82) is 0 Å². The van der Waals surface area contributed by atoms with Gasteiger partial charge in [-0.2, -0.15) is 0 Å². The zero-order chi connectivity index (χ0) is 6.24. The Kier molecular flexibility index (Phi) is 6.78. The van der Waals surface area contributed by atoms with Gasteiger partial charge in [0.2, 0.25) is 0 Å². The van der Waals surface area contributed by atoms with Crippen molar-refractivity contribution in [2.45, 2.75) is 0 Å². The van der Waals surface area contributed by atoms with E-state index in [1.54, 1.807) is 7.11 Å². The monoisotopic (exact) mass is 118 g/mol. The average Bonchev–Trinajstić information content (AvgIpc) is 1.81. The van der Waals surface area contributed by atoms with E-state index < -0.39 is 0 Å². The number of hydrogen-bond acceptors (Lipinski definition) is 3. The molecule has 0 radical (unpaired) electrons. The molecule has 0 aliphatic carbocycles. The first-order chi connectivity index (χ1) is 3.91. The Labute approximate surface area is 50.4 Å². The second-order valence-corrected chi connectivity index (χ2v) is 1.52. The van der Waals surface area contributed by atoms with Gasteiger partial charge in [-0.05, 0) is 7.05 Å². The van der Waals surface area contributed by atoms with Gasteiger partial charge in [-0.3, -0.25) is 0 Å². The second-order valence-electron chi connectivity index (χ2n) is 1.52. The zero-order valence-corrected chi connectivity index (χ0v) is 5.53. The third-order valence-corrected chi connectivity index (χ3v) is 0.785. The summed E-state index contributed by atoms with van der Waals surface area (Å²) in [5.74, 6) is 0. The van der Waals surface area contributed by atoms with Gasteiger partial charge >= 0.3 is 0 Å². The highest BCUT2D eigenvalue weighted by molar-refractivity contribution is 4.38. The Balaban J connectivity index is 2.53. The van der Waals surface area contributed by atoms with Crippen LogP contribution < -0.4 is 10.6 Å². The predicted molar refractivity (Wildman–Crippen MR) is 33.8 cm³/mol. The molecule has 3 heteroatoms. The van der Waals surface area contributed by atoms with Crippen LogP contribution in [-0.2, 0) is 4.74 Å². The maximum Gasteiger partial charge on any atom is 0.0587 e. The molecule has 0 spiro atoms. The minimum absolute atomic E-state index is 0.779. The molecule has 0 heterocycles. The highest BCUT2D eigenvalue weighted by Crippen LogP contribution is 1.60. The van der Waals surface area contributed by atoms with Gasteiger partial charge < -0.3 is 15.4 Å². The van der Waals surface area contributed by atoms with Crippen LogP contribution in [0.2, 0.25) is 0 Å². The fourth-order valence-electron chi connectivity index (χ4n) is 0.388. The molecule has 0 fully saturated rings. The van der Waals surface area contributed by atoms with Crippen molar-refractivity contribution in [2.24, 2.45) is 0 Å². The summed E-state index contributed by atoms with van der Waals surface area (Å²) in [6.45, 7) is 2.54. The smallest absolute Gasteiger partial charge is 0.0587 e. The summed E-state index contributed by atoms with van der Waals surface area (Å²) in [4.78, 5) is 0. The minimum Gasteiger partial charge on any atom is -0.383 e. The molecule has 0 saturated heterocycles. The van der Waals surface area contributed by atoms with Crippen LogP contribution in [-0.4, -0.2) is 34.0 Å². The fourth-order valence-corrected chi connectivity index (χ4v) is 0.388. The van der Waals surface area contributed by atoms with Crippen LogP contribution in [0.3, 0.4) is 0 Å². The summed E-state index contributed by atoms with van der Waals surface area (Å²) in [5.41, 5.74) is 0. The number of nitrogens with one attached hydrogen (secondary N) is 2. The van der Waals surface area contributed by atoms with E-state index in [0.717, 1.165) is 19.8 Å². The summed E-state index contributed by atoms with van der Waals surface area (Å²) in [6, 6.07) is 0. The Hall–Kier alpha value is -0.120. The van der Waals surface area contributed by atoms with Gasteiger partial charge in [0.05, 0.1) is 6.61 Å². The third kappa shape index (κ3) is 5.88. The molecule has 0 saturated carbocycles. The lowest BCUT2D eigenvalue weighted by Gasteiger charge is -2.00. The Morgan fingerprint density at radius 1 is 1.50 bits per heavy atom. The number of ether oxygens (including phenoxy) is 1. The predicted octanol–water partition coefficient (Wildman–Crippen LogP) is -0.601. The molecule has 3 nitrogen and oxygen atoms in total. The van der Waals surface area contributed by atoms with Crippen molar-refractivity contribution in [3.05, 3.63) is 0 Å². The van der Waals surface area contributed by atoms with Crippen LogP contribution in [0.25, 0.3) is 0 Å². The van der Waals surface area contributed by atoms with Crippen molar-refractivity contribution in [2.75, 3.05) is 34.0 Å². The molecule has 0 aliphatic rings. The molecule has 50 valence electrons. The summed E-state index contributed by atoms with van der Waals surface area (Å²) in [7, 11) is 3.60. The molecular weight excluding hydrogens is 104 g/mol.